The van der Waals surface area contributed by atoms with Crippen LogP contribution in [0, 0.1) is 23.7 Å². The van der Waals surface area contributed by atoms with Crippen LogP contribution >= 0.6 is 0 Å². The molecule has 0 bridgehead atoms. The van der Waals surface area contributed by atoms with Gasteiger partial charge in [-0.15, -0.1) is 0 Å². The van der Waals surface area contributed by atoms with E-state index in [1.165, 1.54) is 0 Å². The summed E-state index contributed by atoms with van der Waals surface area (Å²) in [6.45, 7) is -0.0451. The number of allylic oxidation sites excluding steroid dienone is 4. The van der Waals surface area contributed by atoms with E-state index < -0.39 is 47.5 Å². The summed E-state index contributed by atoms with van der Waals surface area (Å²) in [7, 11) is 0. The standard InChI is InChI=1S/C28H30O8/c29-25-21-11-3-5-13-23(21)27(31)35-17-19-9-1-2-10-20(19)18-36-28(32)24-14-6-4-12-22(24)26(30)34-16-8-7-15-33-25/h1-10,21-24H,11-18H2/b8-7-/t21-,22+,23+,24-. The maximum atomic E-state index is 12.9. The zero-order valence-electron chi connectivity index (χ0n) is 20.0. The molecule has 1 aliphatic heterocycles. The second-order valence-corrected chi connectivity index (χ2v) is 9.03. The molecule has 1 aromatic rings. The van der Waals surface area contributed by atoms with Gasteiger partial charge in [-0.05, 0) is 49.0 Å². The molecule has 1 aromatic carbocycles. The SMILES string of the molecule is O=C1OCc2ccccc2COC(=O)[C@@H]2CC=CC[C@@H]2C(=O)OC/C=C\COC(=O)[C@@H]2CC=CC[C@H]12. The average molecular weight is 495 g/mol. The van der Waals surface area contributed by atoms with Crippen LogP contribution < -0.4 is 0 Å². The molecule has 0 radical (unpaired) electrons. The summed E-state index contributed by atoms with van der Waals surface area (Å²) in [5.74, 6) is -4.43. The molecule has 0 saturated carbocycles. The van der Waals surface area contributed by atoms with Crippen molar-refractivity contribution in [3.8, 4) is 0 Å². The smallest absolute Gasteiger partial charge is 0.310 e. The monoisotopic (exact) mass is 494 g/mol. The number of hydrogen-bond acceptors (Lipinski definition) is 8. The molecule has 4 atom stereocenters. The summed E-state index contributed by atoms with van der Waals surface area (Å²) in [6.07, 6.45) is 12.2. The van der Waals surface area contributed by atoms with Crippen LogP contribution in [-0.2, 0) is 51.3 Å². The minimum Gasteiger partial charge on any atom is -0.461 e. The van der Waals surface area contributed by atoms with Gasteiger partial charge in [0.15, 0.2) is 0 Å². The van der Waals surface area contributed by atoms with Crippen molar-refractivity contribution in [1.82, 2.24) is 0 Å². The summed E-state index contributed by atoms with van der Waals surface area (Å²) >= 11 is 0. The molecule has 0 fully saturated rings. The van der Waals surface area contributed by atoms with Gasteiger partial charge in [0.25, 0.3) is 0 Å². The maximum Gasteiger partial charge on any atom is 0.310 e. The number of cyclic esters (lactones) is 4. The lowest BCUT2D eigenvalue weighted by Gasteiger charge is -2.26. The molecule has 0 spiro atoms. The third kappa shape index (κ3) is 6.30. The van der Waals surface area contributed by atoms with Crippen molar-refractivity contribution < 1.29 is 38.1 Å². The van der Waals surface area contributed by atoms with E-state index in [2.05, 4.69) is 0 Å². The molecule has 36 heavy (non-hydrogen) atoms. The van der Waals surface area contributed by atoms with Crippen LogP contribution in [0.5, 0.6) is 0 Å². The van der Waals surface area contributed by atoms with Gasteiger partial charge in [0.1, 0.15) is 26.4 Å². The highest BCUT2D eigenvalue weighted by Crippen LogP contribution is 2.30. The highest BCUT2D eigenvalue weighted by molar-refractivity contribution is 5.83. The summed E-state index contributed by atoms with van der Waals surface area (Å²) in [5, 5.41) is 0. The number of carbonyl (C=O) groups is 4. The maximum absolute atomic E-state index is 12.9. The number of esters is 4. The molecule has 8 heteroatoms. The number of benzene rings is 1. The molecule has 0 amide bonds. The Labute approximate surface area is 209 Å². The largest absolute Gasteiger partial charge is 0.461 e. The van der Waals surface area contributed by atoms with E-state index in [1.54, 1.807) is 24.3 Å². The summed E-state index contributed by atoms with van der Waals surface area (Å²) in [5.41, 5.74) is 1.39. The number of rotatable bonds is 0. The van der Waals surface area contributed by atoms with Crippen LogP contribution in [0.15, 0.2) is 60.7 Å². The topological polar surface area (TPSA) is 105 Å². The number of fused-ring (bicyclic) bond motifs is 3. The van der Waals surface area contributed by atoms with Crippen LogP contribution in [0.1, 0.15) is 36.8 Å². The fourth-order valence-electron chi connectivity index (χ4n) is 4.63. The second-order valence-electron chi connectivity index (χ2n) is 9.03. The quantitative estimate of drug-likeness (QED) is 0.306. The van der Waals surface area contributed by atoms with Gasteiger partial charge in [-0.1, -0.05) is 48.6 Å². The Morgan fingerprint density at radius 3 is 1.17 bits per heavy atom. The van der Waals surface area contributed by atoms with Gasteiger partial charge in [0.2, 0.25) is 0 Å². The third-order valence-electron chi connectivity index (χ3n) is 6.74. The zero-order chi connectivity index (χ0) is 25.3. The molecule has 190 valence electrons. The highest BCUT2D eigenvalue weighted by atomic mass is 16.5. The van der Waals surface area contributed by atoms with E-state index in [4.69, 9.17) is 18.9 Å². The normalized spacial score (nSPS) is 28.8. The van der Waals surface area contributed by atoms with E-state index in [-0.39, 0.29) is 26.4 Å². The summed E-state index contributed by atoms with van der Waals surface area (Å²) in [4.78, 5) is 51.1. The van der Waals surface area contributed by atoms with Crippen molar-refractivity contribution >= 4 is 23.9 Å². The first-order valence-electron chi connectivity index (χ1n) is 12.2. The Balaban J connectivity index is 1.54. The molecule has 2 aliphatic carbocycles. The van der Waals surface area contributed by atoms with E-state index in [1.807, 2.05) is 36.4 Å². The molecular formula is C28H30O8. The van der Waals surface area contributed by atoms with Gasteiger partial charge < -0.3 is 18.9 Å². The lowest BCUT2D eigenvalue weighted by Crippen LogP contribution is -2.34. The minimum absolute atomic E-state index is 0.00708. The first-order chi connectivity index (χ1) is 17.5. The predicted octanol–water partition coefficient (Wildman–Crippen LogP) is 3.59. The van der Waals surface area contributed by atoms with Crippen LogP contribution in [0.3, 0.4) is 0 Å². The second kappa shape index (κ2) is 12.3. The molecule has 0 saturated heterocycles. The minimum atomic E-state index is -0.640. The van der Waals surface area contributed by atoms with Gasteiger partial charge in [-0.2, -0.15) is 0 Å². The molecule has 0 unspecified atom stereocenters. The molecule has 0 N–H and O–H groups in total. The van der Waals surface area contributed by atoms with Crippen molar-refractivity contribution in [2.45, 2.75) is 38.9 Å². The van der Waals surface area contributed by atoms with Crippen molar-refractivity contribution in [3.63, 3.8) is 0 Å². The Morgan fingerprint density at radius 1 is 0.472 bits per heavy atom. The van der Waals surface area contributed by atoms with Crippen molar-refractivity contribution in [3.05, 3.63) is 71.8 Å². The summed E-state index contributed by atoms with van der Waals surface area (Å²) in [6, 6.07) is 7.21. The van der Waals surface area contributed by atoms with Crippen LogP contribution in [0.4, 0.5) is 0 Å². The molecule has 8 nitrogen and oxygen atoms in total. The Morgan fingerprint density at radius 2 is 0.806 bits per heavy atom. The first-order valence-corrected chi connectivity index (χ1v) is 12.2. The molecule has 0 aromatic heterocycles. The number of carbonyl (C=O) groups excluding carboxylic acids is 4. The third-order valence-corrected chi connectivity index (χ3v) is 6.74. The van der Waals surface area contributed by atoms with E-state index in [9.17, 15) is 19.2 Å². The number of ether oxygens (including phenoxy) is 4. The molecule has 4 rings (SSSR count). The molecular weight excluding hydrogens is 464 g/mol. The van der Waals surface area contributed by atoms with Crippen LogP contribution in [0.25, 0.3) is 0 Å². The van der Waals surface area contributed by atoms with Crippen LogP contribution in [-0.4, -0.2) is 37.1 Å². The average Bonchev–Trinajstić information content (AvgIpc) is 2.92. The lowest BCUT2D eigenvalue weighted by molar-refractivity contribution is -0.161. The molecule has 1 heterocycles. The van der Waals surface area contributed by atoms with Crippen molar-refractivity contribution in [2.24, 2.45) is 23.7 Å². The Hall–Kier alpha value is -3.68. The zero-order valence-corrected chi connectivity index (χ0v) is 20.0. The van der Waals surface area contributed by atoms with E-state index in [0.29, 0.717) is 36.8 Å². The van der Waals surface area contributed by atoms with Gasteiger partial charge >= 0.3 is 23.9 Å². The van der Waals surface area contributed by atoms with Gasteiger partial charge in [0, 0.05) is 0 Å². The van der Waals surface area contributed by atoms with Gasteiger partial charge in [-0.25, -0.2) is 0 Å². The van der Waals surface area contributed by atoms with E-state index in [0.717, 1.165) is 0 Å². The molecule has 3 aliphatic rings. The van der Waals surface area contributed by atoms with Crippen LogP contribution in [0.2, 0.25) is 0 Å². The van der Waals surface area contributed by atoms with E-state index >= 15 is 0 Å². The number of hydrogen-bond donors (Lipinski definition) is 0. The first kappa shape index (κ1) is 25.4. The predicted molar refractivity (Wildman–Crippen MR) is 128 cm³/mol. The lowest BCUT2D eigenvalue weighted by atomic mass is 9.83. The Kier molecular flexibility index (Phi) is 8.71. The Bertz CT molecular complexity index is 986. The van der Waals surface area contributed by atoms with Gasteiger partial charge in [0.05, 0.1) is 23.7 Å². The van der Waals surface area contributed by atoms with Gasteiger partial charge in [-0.3, -0.25) is 19.2 Å². The van der Waals surface area contributed by atoms with Crippen molar-refractivity contribution in [2.75, 3.05) is 13.2 Å². The fraction of sp³-hybridized carbons (Fsp3) is 0.429. The fourth-order valence-corrected chi connectivity index (χ4v) is 4.63. The van der Waals surface area contributed by atoms with Crippen molar-refractivity contribution in [1.29, 1.82) is 0 Å². The highest BCUT2D eigenvalue weighted by Gasteiger charge is 2.37. The summed E-state index contributed by atoms with van der Waals surface area (Å²) < 4.78 is 21.9.